The fourth-order valence-electron chi connectivity index (χ4n) is 2.65. The van der Waals surface area contributed by atoms with Crippen molar-refractivity contribution in [1.29, 1.82) is 0 Å². The summed E-state index contributed by atoms with van der Waals surface area (Å²) >= 11 is 11.7. The maximum atomic E-state index is 14.2. The number of halogens is 4. The first-order chi connectivity index (χ1) is 12.3. The van der Waals surface area contributed by atoms with Crippen LogP contribution in [0.3, 0.4) is 0 Å². The van der Waals surface area contributed by atoms with Gasteiger partial charge in [0.05, 0.1) is 16.3 Å². The van der Waals surface area contributed by atoms with Crippen LogP contribution in [0.1, 0.15) is 0 Å². The molecule has 1 aliphatic heterocycles. The van der Waals surface area contributed by atoms with Crippen LogP contribution in [0.5, 0.6) is 0 Å². The van der Waals surface area contributed by atoms with Crippen LogP contribution in [-0.2, 0) is 10.0 Å². The molecule has 0 unspecified atom stereocenters. The summed E-state index contributed by atoms with van der Waals surface area (Å²) in [5, 5.41) is 3.37. The molecular weight excluding hydrogens is 407 g/mol. The number of anilines is 2. The molecule has 1 fully saturated rings. The Morgan fingerprint density at radius 3 is 2.19 bits per heavy atom. The summed E-state index contributed by atoms with van der Waals surface area (Å²) in [6, 6.07) is 5.58. The number of hydrogen-bond donors (Lipinski definition) is 2. The Balaban J connectivity index is 1.95. The first kappa shape index (κ1) is 19.2. The third kappa shape index (κ3) is 4.20. The van der Waals surface area contributed by atoms with Gasteiger partial charge in [0, 0.05) is 42.3 Å². The zero-order valence-electron chi connectivity index (χ0n) is 13.4. The van der Waals surface area contributed by atoms with Crippen molar-refractivity contribution >= 4 is 44.6 Å². The summed E-state index contributed by atoms with van der Waals surface area (Å²) in [6.45, 7) is 2.36. The Morgan fingerprint density at radius 2 is 1.58 bits per heavy atom. The SMILES string of the molecule is O=S(=O)(Nc1cc(N2CCNCC2)c(F)cc1F)c1cc(Cl)cc(Cl)c1. The van der Waals surface area contributed by atoms with Crippen LogP contribution in [-0.4, -0.2) is 34.6 Å². The molecule has 1 aliphatic rings. The van der Waals surface area contributed by atoms with E-state index >= 15 is 0 Å². The molecule has 0 atom stereocenters. The number of nitrogens with zero attached hydrogens (tertiary/aromatic N) is 1. The molecule has 140 valence electrons. The summed E-state index contributed by atoms with van der Waals surface area (Å²) in [5.74, 6) is -1.77. The highest BCUT2D eigenvalue weighted by atomic mass is 35.5. The lowest BCUT2D eigenvalue weighted by atomic mass is 10.2. The zero-order valence-corrected chi connectivity index (χ0v) is 15.7. The van der Waals surface area contributed by atoms with Crippen molar-refractivity contribution in [2.75, 3.05) is 35.8 Å². The Kier molecular flexibility index (Phi) is 5.57. The molecule has 0 saturated carbocycles. The molecular formula is C16H15Cl2F2N3O2S. The number of rotatable bonds is 4. The van der Waals surface area contributed by atoms with Crippen LogP contribution >= 0.6 is 23.2 Å². The molecule has 2 N–H and O–H groups in total. The minimum Gasteiger partial charge on any atom is -0.367 e. The third-order valence-corrected chi connectivity index (χ3v) is 5.67. The van der Waals surface area contributed by atoms with E-state index in [0.29, 0.717) is 32.2 Å². The second kappa shape index (κ2) is 7.56. The molecule has 0 amide bonds. The quantitative estimate of drug-likeness (QED) is 0.792. The molecule has 1 heterocycles. The van der Waals surface area contributed by atoms with Gasteiger partial charge in [-0.3, -0.25) is 4.72 Å². The number of hydrogen-bond acceptors (Lipinski definition) is 4. The van der Waals surface area contributed by atoms with E-state index in [2.05, 4.69) is 10.0 Å². The molecule has 26 heavy (non-hydrogen) atoms. The van der Waals surface area contributed by atoms with Gasteiger partial charge in [0.15, 0.2) is 0 Å². The summed E-state index contributed by atoms with van der Waals surface area (Å²) in [5.41, 5.74) is -0.217. The summed E-state index contributed by atoms with van der Waals surface area (Å²) in [7, 11) is -4.15. The molecule has 0 spiro atoms. The van der Waals surface area contributed by atoms with Crippen molar-refractivity contribution in [1.82, 2.24) is 5.32 Å². The normalized spacial score (nSPS) is 15.2. The second-order valence-electron chi connectivity index (χ2n) is 5.73. The van der Waals surface area contributed by atoms with E-state index in [1.54, 1.807) is 4.90 Å². The fraction of sp³-hybridized carbons (Fsp3) is 0.250. The molecule has 0 aromatic heterocycles. The molecule has 5 nitrogen and oxygen atoms in total. The van der Waals surface area contributed by atoms with E-state index in [0.717, 1.165) is 6.07 Å². The monoisotopic (exact) mass is 421 g/mol. The highest BCUT2D eigenvalue weighted by Crippen LogP contribution is 2.30. The van der Waals surface area contributed by atoms with E-state index < -0.39 is 21.7 Å². The van der Waals surface area contributed by atoms with Gasteiger partial charge in [-0.25, -0.2) is 17.2 Å². The Labute approximate surface area is 160 Å². The van der Waals surface area contributed by atoms with E-state index in [-0.39, 0.29) is 26.3 Å². The lowest BCUT2D eigenvalue weighted by Crippen LogP contribution is -2.43. The highest BCUT2D eigenvalue weighted by molar-refractivity contribution is 7.92. The maximum Gasteiger partial charge on any atom is 0.262 e. The van der Waals surface area contributed by atoms with Gasteiger partial charge >= 0.3 is 0 Å². The van der Waals surface area contributed by atoms with Crippen LogP contribution < -0.4 is 14.9 Å². The van der Waals surface area contributed by atoms with Gasteiger partial charge in [0.25, 0.3) is 10.0 Å². The van der Waals surface area contributed by atoms with Gasteiger partial charge in [-0.1, -0.05) is 23.2 Å². The van der Waals surface area contributed by atoms with Crippen LogP contribution in [0.25, 0.3) is 0 Å². The minimum absolute atomic E-state index is 0.124. The van der Waals surface area contributed by atoms with Gasteiger partial charge in [-0.15, -0.1) is 0 Å². The van der Waals surface area contributed by atoms with Crippen LogP contribution in [0.15, 0.2) is 35.2 Å². The number of sulfonamides is 1. The van der Waals surface area contributed by atoms with Crippen molar-refractivity contribution in [2.24, 2.45) is 0 Å². The van der Waals surface area contributed by atoms with Crippen molar-refractivity contribution < 1.29 is 17.2 Å². The molecule has 1 saturated heterocycles. The zero-order chi connectivity index (χ0) is 18.9. The molecule has 2 aromatic carbocycles. The minimum atomic E-state index is -4.15. The van der Waals surface area contributed by atoms with Crippen molar-refractivity contribution in [3.05, 3.63) is 52.0 Å². The Morgan fingerprint density at radius 1 is 0.962 bits per heavy atom. The number of nitrogens with one attached hydrogen (secondary N) is 2. The Bertz CT molecular complexity index is 915. The first-order valence-electron chi connectivity index (χ1n) is 7.70. The molecule has 0 radical (unpaired) electrons. The number of benzene rings is 2. The van der Waals surface area contributed by atoms with Gasteiger partial charge in [-0.05, 0) is 24.3 Å². The topological polar surface area (TPSA) is 61.4 Å². The molecule has 0 bridgehead atoms. The van der Waals surface area contributed by atoms with E-state index in [9.17, 15) is 17.2 Å². The van der Waals surface area contributed by atoms with Gasteiger partial charge in [0.1, 0.15) is 11.6 Å². The lowest BCUT2D eigenvalue weighted by molar-refractivity contribution is 0.555. The lowest BCUT2D eigenvalue weighted by Gasteiger charge is -2.30. The average Bonchev–Trinajstić information content (AvgIpc) is 2.57. The standard InChI is InChI=1S/C16H15Cl2F2N3O2S/c17-10-5-11(18)7-12(6-10)26(24,25)22-15-9-16(14(20)8-13(15)19)23-3-1-21-2-4-23/h5-9,21-22H,1-4H2. The number of piperazine rings is 1. The second-order valence-corrected chi connectivity index (χ2v) is 8.29. The van der Waals surface area contributed by atoms with Crippen molar-refractivity contribution in [2.45, 2.75) is 4.90 Å². The molecule has 0 aliphatic carbocycles. The van der Waals surface area contributed by atoms with Crippen LogP contribution in [0.4, 0.5) is 20.2 Å². The van der Waals surface area contributed by atoms with Crippen LogP contribution in [0, 0.1) is 11.6 Å². The summed E-state index contributed by atoms with van der Waals surface area (Å²) in [6.07, 6.45) is 0. The fourth-order valence-corrected chi connectivity index (χ4v) is 4.43. The largest absolute Gasteiger partial charge is 0.367 e. The van der Waals surface area contributed by atoms with Gasteiger partial charge in [-0.2, -0.15) is 0 Å². The van der Waals surface area contributed by atoms with Crippen molar-refractivity contribution in [3.63, 3.8) is 0 Å². The molecule has 10 heteroatoms. The Hall–Kier alpha value is -1.61. The summed E-state index contributed by atoms with van der Waals surface area (Å²) in [4.78, 5) is 1.50. The first-order valence-corrected chi connectivity index (χ1v) is 9.94. The van der Waals surface area contributed by atoms with Gasteiger partial charge < -0.3 is 10.2 Å². The predicted octanol–water partition coefficient (Wildman–Crippen LogP) is 3.48. The summed E-state index contributed by atoms with van der Waals surface area (Å²) < 4.78 is 55.5. The van der Waals surface area contributed by atoms with Gasteiger partial charge in [0.2, 0.25) is 0 Å². The van der Waals surface area contributed by atoms with E-state index in [1.165, 1.54) is 18.2 Å². The van der Waals surface area contributed by atoms with E-state index in [1.807, 2.05) is 0 Å². The average molecular weight is 422 g/mol. The van der Waals surface area contributed by atoms with Crippen LogP contribution in [0.2, 0.25) is 10.0 Å². The smallest absolute Gasteiger partial charge is 0.262 e. The van der Waals surface area contributed by atoms with E-state index in [4.69, 9.17) is 23.2 Å². The molecule has 3 rings (SSSR count). The highest BCUT2D eigenvalue weighted by Gasteiger charge is 2.22. The predicted molar refractivity (Wildman–Crippen MR) is 98.7 cm³/mol. The maximum absolute atomic E-state index is 14.2. The third-order valence-electron chi connectivity index (χ3n) is 3.88. The molecule has 2 aromatic rings. The van der Waals surface area contributed by atoms with Crippen molar-refractivity contribution in [3.8, 4) is 0 Å².